The van der Waals surface area contributed by atoms with Crippen molar-refractivity contribution in [2.45, 2.75) is 98.4 Å². The van der Waals surface area contributed by atoms with Gasteiger partial charge in [0.05, 0.1) is 35.9 Å². The van der Waals surface area contributed by atoms with Crippen molar-refractivity contribution in [3.63, 3.8) is 0 Å². The lowest BCUT2D eigenvalue weighted by Gasteiger charge is -2.36. The van der Waals surface area contributed by atoms with Crippen LogP contribution in [-0.4, -0.2) is 139 Å². The molecule has 0 radical (unpaired) electrons. The van der Waals surface area contributed by atoms with Crippen LogP contribution in [0.25, 0.3) is 33.3 Å². The van der Waals surface area contributed by atoms with Crippen LogP contribution in [0.4, 0.5) is 0 Å². The standard InChI is InChI=1S/C55H74N8O7/c1-11-62-47-22-21-39-30-42(47)43(50(62)41-18-13-24-56-49(41)36(4)69-10)31-55(5,6)34-70-54(68)45-19-14-26-63(58-45)53(67)46(29-37-16-12-17-38(39)28-37)57-51(65)44(35(2)3)33-60(9)52(66)40-23-27-61(32-40)48(64)20-15-25-59(7)8/h12-13,15-18,20-22,24,28,30,35-36,40,44-46,58H,11,14,19,23,25-27,29,31-34H2,1-10H3,(H,57,65)/b20-15+/t36-,40-,44?,45-,46-/m0/s1. The highest BCUT2D eigenvalue weighted by molar-refractivity contribution is 5.96. The quantitative estimate of drug-likeness (QED) is 0.113. The summed E-state index contributed by atoms with van der Waals surface area (Å²) < 4.78 is 14.3. The van der Waals surface area contributed by atoms with E-state index in [1.807, 2.05) is 64.0 Å². The van der Waals surface area contributed by atoms with E-state index in [-0.39, 0.29) is 61.1 Å². The number of carbonyl (C=O) groups is 5. The number of benzene rings is 2. The van der Waals surface area contributed by atoms with Crippen LogP contribution < -0.4 is 10.7 Å². The molecule has 0 saturated carbocycles. The van der Waals surface area contributed by atoms with Crippen molar-refractivity contribution >= 4 is 40.5 Å². The number of likely N-dealkylation sites (tertiary alicyclic amines) is 1. The monoisotopic (exact) mass is 959 g/mol. The number of hydrogen-bond acceptors (Lipinski definition) is 10. The Balaban J connectivity index is 1.21. The highest BCUT2D eigenvalue weighted by Crippen LogP contribution is 2.42. The Kier molecular flexibility index (Phi) is 16.7. The van der Waals surface area contributed by atoms with E-state index in [0.29, 0.717) is 58.4 Å². The van der Waals surface area contributed by atoms with Crippen LogP contribution in [0.3, 0.4) is 0 Å². The molecular formula is C55H74N8O7. The van der Waals surface area contributed by atoms with Gasteiger partial charge < -0.3 is 34.1 Å². The zero-order valence-corrected chi connectivity index (χ0v) is 42.9. The first kappa shape index (κ1) is 51.9. The number of esters is 1. The fourth-order valence-corrected chi connectivity index (χ4v) is 10.2. The normalized spacial score (nSPS) is 20.7. The summed E-state index contributed by atoms with van der Waals surface area (Å²) in [6.07, 6.45) is 7.29. The van der Waals surface area contributed by atoms with Gasteiger partial charge in [-0.15, -0.1) is 0 Å². The predicted octanol–water partition coefficient (Wildman–Crippen LogP) is 6.44. The fraction of sp³-hybridized carbons (Fsp3) is 0.527. The molecule has 2 saturated heterocycles. The molecule has 15 heteroatoms. The summed E-state index contributed by atoms with van der Waals surface area (Å²) >= 11 is 0. The number of cyclic esters (lactones) is 1. The molecule has 1 unspecified atom stereocenters. The van der Waals surface area contributed by atoms with Crippen LogP contribution in [0.5, 0.6) is 0 Å². The van der Waals surface area contributed by atoms with Crippen molar-refractivity contribution in [2.24, 2.45) is 23.2 Å². The summed E-state index contributed by atoms with van der Waals surface area (Å²) in [5.41, 5.74) is 10.6. The SMILES string of the molecule is CCn1c(-c2cccnc2[C@H](C)OC)c2c3cc(ccc31)-c1cccc(c1)C[C@H](NC(=O)C(CN(C)C(=O)[C@H]1CCN(C(=O)/C=C/CN(C)C)C1)C(C)C)C(=O)N1CCC[C@H](N1)C(=O)OCC(C)(C)C2. The second kappa shape index (κ2) is 22.5. The Morgan fingerprint density at radius 2 is 1.79 bits per heavy atom. The number of amides is 4. The number of hydrogen-bond donors (Lipinski definition) is 2. The number of nitrogens with one attached hydrogen (secondary N) is 2. The molecule has 0 aliphatic carbocycles. The minimum atomic E-state index is -1.00. The first-order chi connectivity index (χ1) is 33.4. The number of carbonyl (C=O) groups excluding carboxylic acids is 5. The summed E-state index contributed by atoms with van der Waals surface area (Å²) in [7, 11) is 7.26. The summed E-state index contributed by atoms with van der Waals surface area (Å²) in [5.74, 6) is -2.58. The van der Waals surface area contributed by atoms with Gasteiger partial charge in [0.1, 0.15) is 12.1 Å². The molecule has 4 aromatic rings. The maximum absolute atomic E-state index is 14.8. The van der Waals surface area contributed by atoms with Gasteiger partial charge in [0, 0.05) is 94.0 Å². The lowest BCUT2D eigenvalue weighted by atomic mass is 9.84. The molecule has 15 nitrogen and oxygen atoms in total. The van der Waals surface area contributed by atoms with Crippen LogP contribution >= 0.6 is 0 Å². The largest absolute Gasteiger partial charge is 0.464 e. The molecule has 5 atom stereocenters. The molecule has 2 aromatic carbocycles. The van der Waals surface area contributed by atoms with Crippen LogP contribution in [0.15, 0.2) is 72.9 Å². The van der Waals surface area contributed by atoms with Crippen molar-refractivity contribution in [1.82, 2.24) is 40.0 Å². The highest BCUT2D eigenvalue weighted by Gasteiger charge is 2.38. The van der Waals surface area contributed by atoms with Crippen LogP contribution in [-0.2, 0) is 52.8 Å². The van der Waals surface area contributed by atoms with Gasteiger partial charge in [-0.2, -0.15) is 0 Å². The van der Waals surface area contributed by atoms with Crippen molar-refractivity contribution in [2.75, 3.05) is 67.6 Å². The first-order valence-corrected chi connectivity index (χ1v) is 25.0. The Bertz CT molecular complexity index is 2580. The minimum absolute atomic E-state index is 0.117. The third-order valence-electron chi connectivity index (χ3n) is 14.2. The maximum Gasteiger partial charge on any atom is 0.324 e. The number of pyridine rings is 1. The van der Waals surface area contributed by atoms with E-state index in [4.69, 9.17) is 14.5 Å². The average Bonchev–Trinajstić information content (AvgIpc) is 3.96. The molecule has 4 amide bonds. The summed E-state index contributed by atoms with van der Waals surface area (Å²) in [5, 5.41) is 5.68. The van der Waals surface area contributed by atoms with Gasteiger partial charge in [-0.3, -0.25) is 34.0 Å². The third kappa shape index (κ3) is 11.8. The molecule has 2 N–H and O–H groups in total. The van der Waals surface area contributed by atoms with Crippen molar-refractivity contribution in [1.29, 1.82) is 0 Å². The minimum Gasteiger partial charge on any atom is -0.464 e. The Labute approximate surface area is 413 Å². The number of fused-ring (bicyclic) bond motifs is 6. The van der Waals surface area contributed by atoms with E-state index in [1.165, 1.54) is 5.01 Å². The van der Waals surface area contributed by atoms with Gasteiger partial charge in [0.25, 0.3) is 5.91 Å². The Hall–Kier alpha value is -5.90. The second-order valence-corrected chi connectivity index (χ2v) is 20.8. The fourth-order valence-electron chi connectivity index (χ4n) is 10.2. The lowest BCUT2D eigenvalue weighted by molar-refractivity contribution is -0.155. The zero-order valence-electron chi connectivity index (χ0n) is 42.9. The molecule has 3 aliphatic rings. The third-order valence-corrected chi connectivity index (χ3v) is 14.2. The summed E-state index contributed by atoms with van der Waals surface area (Å²) in [6, 6.07) is 16.9. The molecular weight excluding hydrogens is 885 g/mol. The summed E-state index contributed by atoms with van der Waals surface area (Å²) in [6.45, 7) is 15.0. The lowest BCUT2D eigenvalue weighted by Crippen LogP contribution is -2.61. The van der Waals surface area contributed by atoms with Gasteiger partial charge >= 0.3 is 5.97 Å². The Morgan fingerprint density at radius 3 is 2.51 bits per heavy atom. The zero-order chi connectivity index (χ0) is 50.4. The van der Waals surface area contributed by atoms with Crippen LogP contribution in [0, 0.1) is 23.2 Å². The van der Waals surface area contributed by atoms with Crippen molar-refractivity contribution < 1.29 is 33.4 Å². The number of nitrogens with zero attached hydrogens (tertiary/aromatic N) is 6. The van der Waals surface area contributed by atoms with Gasteiger partial charge in [-0.1, -0.05) is 64.1 Å². The van der Waals surface area contributed by atoms with E-state index in [2.05, 4.69) is 72.5 Å². The van der Waals surface area contributed by atoms with Crippen LogP contribution in [0.2, 0.25) is 0 Å². The van der Waals surface area contributed by atoms with Crippen LogP contribution in [0.1, 0.15) is 83.7 Å². The molecule has 376 valence electrons. The topological polar surface area (TPSA) is 159 Å². The number of hydrazine groups is 1. The van der Waals surface area contributed by atoms with Crippen molar-refractivity contribution in [3.05, 3.63) is 89.8 Å². The molecule has 2 aromatic heterocycles. The average molecular weight is 959 g/mol. The number of likely N-dealkylation sites (N-methyl/N-ethyl adjacent to an activating group) is 1. The van der Waals surface area contributed by atoms with Gasteiger partial charge in [-0.25, -0.2) is 5.43 Å². The summed E-state index contributed by atoms with van der Waals surface area (Å²) in [4.78, 5) is 80.1. The molecule has 3 aliphatic heterocycles. The first-order valence-electron chi connectivity index (χ1n) is 25.0. The number of aromatic nitrogens is 2. The van der Waals surface area contributed by atoms with Crippen molar-refractivity contribution in [3.8, 4) is 22.4 Å². The predicted molar refractivity (Wildman–Crippen MR) is 272 cm³/mol. The number of ether oxygens (including phenoxy) is 2. The number of aryl methyl sites for hydroxylation is 1. The number of rotatable bonds is 13. The van der Waals surface area contributed by atoms with Gasteiger partial charge in [-0.05, 0) is 106 Å². The van der Waals surface area contributed by atoms with E-state index in [0.717, 1.165) is 50.1 Å². The maximum atomic E-state index is 14.8. The van der Waals surface area contributed by atoms with E-state index in [9.17, 15) is 24.0 Å². The Morgan fingerprint density at radius 1 is 1.01 bits per heavy atom. The molecule has 6 bridgehead atoms. The molecule has 7 rings (SSSR count). The molecule has 70 heavy (non-hydrogen) atoms. The highest BCUT2D eigenvalue weighted by atomic mass is 16.5. The van der Waals surface area contributed by atoms with Gasteiger partial charge in [0.2, 0.25) is 17.7 Å². The van der Waals surface area contributed by atoms with E-state index < -0.39 is 29.4 Å². The smallest absolute Gasteiger partial charge is 0.324 e. The van der Waals surface area contributed by atoms with E-state index >= 15 is 0 Å². The molecule has 0 spiro atoms. The molecule has 5 heterocycles. The molecule has 2 fully saturated rings. The van der Waals surface area contributed by atoms with E-state index in [1.54, 1.807) is 36.2 Å². The number of methoxy groups -OCH3 is 1. The second-order valence-electron chi connectivity index (χ2n) is 20.8. The van der Waals surface area contributed by atoms with Gasteiger partial charge in [0.15, 0.2) is 0 Å².